The molecular formula is C20H30N2O3S. The van der Waals surface area contributed by atoms with E-state index in [0.29, 0.717) is 18.0 Å². The highest BCUT2D eigenvalue weighted by molar-refractivity contribution is 7.92. The van der Waals surface area contributed by atoms with Crippen molar-refractivity contribution in [3.8, 4) is 0 Å². The minimum absolute atomic E-state index is 0.172. The average molecular weight is 379 g/mol. The Morgan fingerprint density at radius 2 is 1.96 bits per heavy atom. The number of amides is 1. The maximum atomic E-state index is 13.0. The third-order valence-corrected chi connectivity index (χ3v) is 7.32. The van der Waals surface area contributed by atoms with Crippen molar-refractivity contribution in [1.82, 2.24) is 5.32 Å². The summed E-state index contributed by atoms with van der Waals surface area (Å²) in [7, 11) is -3.58. The Bertz CT molecular complexity index is 790. The number of hydrogen-bond donors (Lipinski definition) is 1. The SMILES string of the molecule is CC[C@@H](C(=O)N[C@@H]1C[C@H]2CC[C@H]1C2)N(c1ccc(C)c(C)c1)S(C)(=O)=O. The number of nitrogens with one attached hydrogen (secondary N) is 1. The molecule has 2 aliphatic rings. The first-order chi connectivity index (χ1) is 12.2. The normalized spacial score (nSPS) is 25.9. The van der Waals surface area contributed by atoms with Gasteiger partial charge in [-0.3, -0.25) is 9.10 Å². The van der Waals surface area contributed by atoms with Crippen LogP contribution in [0.1, 0.15) is 50.2 Å². The van der Waals surface area contributed by atoms with E-state index in [9.17, 15) is 13.2 Å². The van der Waals surface area contributed by atoms with Crippen molar-refractivity contribution in [2.75, 3.05) is 10.6 Å². The lowest BCUT2D eigenvalue weighted by molar-refractivity contribution is -0.123. The topological polar surface area (TPSA) is 66.5 Å². The summed E-state index contributed by atoms with van der Waals surface area (Å²) in [5.74, 6) is 1.12. The van der Waals surface area contributed by atoms with Crippen molar-refractivity contribution < 1.29 is 13.2 Å². The second-order valence-electron chi connectivity index (χ2n) is 8.04. The van der Waals surface area contributed by atoms with Gasteiger partial charge in [-0.1, -0.05) is 19.4 Å². The molecular weight excluding hydrogens is 348 g/mol. The highest BCUT2D eigenvalue weighted by Crippen LogP contribution is 2.44. The summed E-state index contributed by atoms with van der Waals surface area (Å²) in [6.07, 6.45) is 6.30. The molecule has 6 heteroatoms. The molecule has 0 aromatic heterocycles. The van der Waals surface area contributed by atoms with E-state index >= 15 is 0 Å². The molecule has 144 valence electrons. The zero-order valence-electron chi connectivity index (χ0n) is 16.2. The van der Waals surface area contributed by atoms with E-state index in [0.717, 1.165) is 23.5 Å². The maximum absolute atomic E-state index is 13.0. The highest BCUT2D eigenvalue weighted by Gasteiger charge is 2.41. The van der Waals surface area contributed by atoms with Crippen molar-refractivity contribution in [3.05, 3.63) is 29.3 Å². The van der Waals surface area contributed by atoms with E-state index in [4.69, 9.17) is 0 Å². The summed E-state index contributed by atoms with van der Waals surface area (Å²) in [6, 6.07) is 5.03. The Balaban J connectivity index is 1.85. The zero-order chi connectivity index (χ0) is 19.1. The van der Waals surface area contributed by atoms with Crippen molar-refractivity contribution in [2.45, 2.75) is 65.0 Å². The highest BCUT2D eigenvalue weighted by atomic mass is 32.2. The Morgan fingerprint density at radius 3 is 2.46 bits per heavy atom. The third-order valence-electron chi connectivity index (χ3n) is 6.14. The summed E-state index contributed by atoms with van der Waals surface area (Å²) in [4.78, 5) is 13.0. The largest absolute Gasteiger partial charge is 0.351 e. The van der Waals surface area contributed by atoms with Gasteiger partial charge in [-0.2, -0.15) is 0 Å². The fraction of sp³-hybridized carbons (Fsp3) is 0.650. The molecule has 2 aliphatic carbocycles. The summed E-state index contributed by atoms with van der Waals surface area (Å²) in [5, 5.41) is 3.16. The van der Waals surface area contributed by atoms with E-state index in [2.05, 4.69) is 5.32 Å². The predicted octanol–water partition coefficient (Wildman–Crippen LogP) is 3.15. The first kappa shape index (κ1) is 19.2. The standard InChI is InChI=1S/C20H30N2O3S/c1-5-19(20(23)21-18-12-15-7-8-16(18)11-15)22(26(4,24)25)17-9-6-13(2)14(3)10-17/h6,9-10,15-16,18-19H,5,7-8,11-12H2,1-4H3,(H,21,23)/t15-,16-,18+,19-/m0/s1. The van der Waals surface area contributed by atoms with Crippen LogP contribution in [0.25, 0.3) is 0 Å². The molecule has 0 radical (unpaired) electrons. The van der Waals surface area contributed by atoms with Crippen LogP contribution in [0.5, 0.6) is 0 Å². The number of fused-ring (bicyclic) bond motifs is 2. The molecule has 0 aliphatic heterocycles. The number of carbonyl (C=O) groups excluding carboxylic acids is 1. The van der Waals surface area contributed by atoms with Crippen LogP contribution in [0.3, 0.4) is 0 Å². The van der Waals surface area contributed by atoms with E-state index in [1.165, 1.54) is 29.8 Å². The van der Waals surface area contributed by atoms with Gasteiger partial charge in [0.1, 0.15) is 6.04 Å². The van der Waals surface area contributed by atoms with Gasteiger partial charge in [0.05, 0.1) is 11.9 Å². The first-order valence-corrected chi connectivity index (χ1v) is 11.4. The predicted molar refractivity (Wildman–Crippen MR) is 105 cm³/mol. The molecule has 0 spiro atoms. The van der Waals surface area contributed by atoms with Crippen molar-refractivity contribution >= 4 is 21.6 Å². The quantitative estimate of drug-likeness (QED) is 0.827. The van der Waals surface area contributed by atoms with Gasteiger partial charge in [-0.05, 0) is 74.6 Å². The molecule has 0 unspecified atom stereocenters. The molecule has 2 saturated carbocycles. The molecule has 5 nitrogen and oxygen atoms in total. The van der Waals surface area contributed by atoms with Crippen molar-refractivity contribution in [1.29, 1.82) is 0 Å². The van der Waals surface area contributed by atoms with E-state index in [1.54, 1.807) is 6.07 Å². The minimum atomic E-state index is -3.58. The number of carbonyl (C=O) groups is 1. The number of aryl methyl sites for hydroxylation is 2. The first-order valence-electron chi connectivity index (χ1n) is 9.57. The molecule has 4 atom stereocenters. The third kappa shape index (κ3) is 3.75. The molecule has 0 heterocycles. The monoisotopic (exact) mass is 378 g/mol. The number of nitrogens with zero attached hydrogens (tertiary/aromatic N) is 1. The molecule has 1 aromatic rings. The Kier molecular flexibility index (Phi) is 5.33. The fourth-order valence-corrected chi connectivity index (χ4v) is 5.83. The molecule has 3 rings (SSSR count). The average Bonchev–Trinajstić information content (AvgIpc) is 3.16. The van der Waals surface area contributed by atoms with Crippen LogP contribution in [0.2, 0.25) is 0 Å². The van der Waals surface area contributed by atoms with Crippen LogP contribution in [-0.2, 0) is 14.8 Å². The Labute approximate surface area is 157 Å². The van der Waals surface area contributed by atoms with Gasteiger partial charge in [0.2, 0.25) is 15.9 Å². The minimum Gasteiger partial charge on any atom is -0.351 e. The molecule has 1 aromatic carbocycles. The van der Waals surface area contributed by atoms with Crippen molar-refractivity contribution in [3.63, 3.8) is 0 Å². The zero-order valence-corrected chi connectivity index (χ0v) is 17.0. The number of rotatable bonds is 6. The summed E-state index contributed by atoms with van der Waals surface area (Å²) in [5.41, 5.74) is 2.67. The molecule has 0 saturated heterocycles. The second-order valence-corrected chi connectivity index (χ2v) is 9.90. The Hall–Kier alpha value is -1.56. The molecule has 2 bridgehead atoms. The van der Waals surface area contributed by atoms with Crippen LogP contribution < -0.4 is 9.62 Å². The molecule has 26 heavy (non-hydrogen) atoms. The lowest BCUT2D eigenvalue weighted by Crippen LogP contribution is -2.52. The second kappa shape index (κ2) is 7.22. The van der Waals surface area contributed by atoms with E-state index < -0.39 is 16.1 Å². The van der Waals surface area contributed by atoms with Gasteiger partial charge < -0.3 is 5.32 Å². The molecule has 1 amide bonds. The molecule has 1 N–H and O–H groups in total. The van der Waals surface area contributed by atoms with E-state index in [-0.39, 0.29) is 11.9 Å². The number of anilines is 1. The number of sulfonamides is 1. The van der Waals surface area contributed by atoms with Crippen LogP contribution in [0.4, 0.5) is 5.69 Å². The van der Waals surface area contributed by atoms with Crippen LogP contribution in [-0.4, -0.2) is 32.7 Å². The lowest BCUT2D eigenvalue weighted by Gasteiger charge is -2.32. The summed E-state index contributed by atoms with van der Waals surface area (Å²) < 4.78 is 26.4. The van der Waals surface area contributed by atoms with E-state index in [1.807, 2.05) is 32.9 Å². The molecule has 2 fully saturated rings. The van der Waals surface area contributed by atoms with Crippen LogP contribution >= 0.6 is 0 Å². The lowest BCUT2D eigenvalue weighted by atomic mass is 9.95. The van der Waals surface area contributed by atoms with Gasteiger partial charge in [-0.15, -0.1) is 0 Å². The van der Waals surface area contributed by atoms with Gasteiger partial charge in [0.25, 0.3) is 0 Å². The Morgan fingerprint density at radius 1 is 1.23 bits per heavy atom. The maximum Gasteiger partial charge on any atom is 0.244 e. The van der Waals surface area contributed by atoms with Gasteiger partial charge >= 0.3 is 0 Å². The summed E-state index contributed by atoms with van der Waals surface area (Å²) in [6.45, 7) is 5.81. The number of benzene rings is 1. The smallest absolute Gasteiger partial charge is 0.244 e. The van der Waals surface area contributed by atoms with Crippen LogP contribution in [0.15, 0.2) is 18.2 Å². The van der Waals surface area contributed by atoms with Crippen LogP contribution in [0, 0.1) is 25.7 Å². The number of hydrogen-bond acceptors (Lipinski definition) is 3. The van der Waals surface area contributed by atoms with Crippen molar-refractivity contribution in [2.24, 2.45) is 11.8 Å². The van der Waals surface area contributed by atoms with Gasteiger partial charge in [-0.25, -0.2) is 8.42 Å². The van der Waals surface area contributed by atoms with Gasteiger partial charge in [0.15, 0.2) is 0 Å². The fourth-order valence-electron chi connectivity index (χ4n) is 4.62. The van der Waals surface area contributed by atoms with Gasteiger partial charge in [0, 0.05) is 6.04 Å². The summed E-state index contributed by atoms with van der Waals surface area (Å²) >= 11 is 0.